The third-order valence-electron chi connectivity index (χ3n) is 3.97. The van der Waals surface area contributed by atoms with Crippen molar-refractivity contribution in [3.8, 4) is 0 Å². The average Bonchev–Trinajstić information content (AvgIpc) is 2.54. The van der Waals surface area contributed by atoms with Crippen LogP contribution in [0.4, 0.5) is 5.69 Å². The number of pyridine rings is 1. The molecule has 3 rings (SSSR count). The van der Waals surface area contributed by atoms with Gasteiger partial charge in [-0.2, -0.15) is 0 Å². The minimum absolute atomic E-state index is 0.104. The molecule has 0 radical (unpaired) electrons. The molecule has 0 saturated carbocycles. The van der Waals surface area contributed by atoms with Crippen LogP contribution >= 0.6 is 0 Å². The largest absolute Gasteiger partial charge is 0.436 e. The van der Waals surface area contributed by atoms with E-state index in [0.717, 1.165) is 11.1 Å². The van der Waals surface area contributed by atoms with Crippen molar-refractivity contribution in [2.24, 2.45) is 0 Å². The van der Waals surface area contributed by atoms with Crippen molar-refractivity contribution in [2.75, 3.05) is 5.32 Å². The van der Waals surface area contributed by atoms with Crippen LogP contribution < -0.4 is 10.9 Å². The molecular formula is C19H19N3O3. The van der Waals surface area contributed by atoms with Crippen LogP contribution in [-0.2, 0) is 6.61 Å². The molecule has 0 unspecified atom stereocenters. The molecule has 1 amide bonds. The van der Waals surface area contributed by atoms with Crippen LogP contribution in [-0.4, -0.2) is 16.0 Å². The maximum atomic E-state index is 12.6. The van der Waals surface area contributed by atoms with Gasteiger partial charge in [0.1, 0.15) is 5.56 Å². The number of aliphatic hydroxyl groups excluding tert-OH is 1. The highest BCUT2D eigenvalue weighted by atomic mass is 16.3. The summed E-state index contributed by atoms with van der Waals surface area (Å²) in [4.78, 5) is 16.8. The molecule has 128 valence electrons. The number of carbonyl (C=O) groups excluding carboxylic acids is 1. The van der Waals surface area contributed by atoms with Crippen molar-refractivity contribution in [3.63, 3.8) is 0 Å². The Kier molecular flexibility index (Phi) is 4.37. The van der Waals surface area contributed by atoms with E-state index in [1.54, 1.807) is 19.2 Å². The van der Waals surface area contributed by atoms with Crippen molar-refractivity contribution in [1.82, 2.24) is 4.98 Å². The summed E-state index contributed by atoms with van der Waals surface area (Å²) in [5.41, 5.74) is 4.14. The monoisotopic (exact) mass is 337 g/mol. The molecule has 6 heteroatoms. The van der Waals surface area contributed by atoms with Crippen LogP contribution in [0.15, 0.2) is 34.9 Å². The van der Waals surface area contributed by atoms with E-state index in [1.165, 1.54) is 0 Å². The van der Waals surface area contributed by atoms with Gasteiger partial charge in [0.15, 0.2) is 5.58 Å². The molecule has 0 saturated heterocycles. The second kappa shape index (κ2) is 6.49. The molecule has 0 atom stereocenters. The number of aliphatic hydroxyl groups is 1. The van der Waals surface area contributed by atoms with Gasteiger partial charge in [0.25, 0.3) is 5.91 Å². The van der Waals surface area contributed by atoms with Crippen molar-refractivity contribution >= 4 is 22.6 Å². The van der Waals surface area contributed by atoms with Crippen LogP contribution in [0.2, 0.25) is 0 Å². The quantitative estimate of drug-likeness (QED) is 0.684. The number of nitrogens with zero attached hydrogens (tertiary/aromatic N) is 1. The minimum Gasteiger partial charge on any atom is -0.436 e. The fourth-order valence-electron chi connectivity index (χ4n) is 2.84. The Labute approximate surface area is 144 Å². The van der Waals surface area contributed by atoms with Gasteiger partial charge < -0.3 is 14.8 Å². The summed E-state index contributed by atoms with van der Waals surface area (Å²) in [7, 11) is 0. The lowest BCUT2D eigenvalue weighted by Gasteiger charge is -2.10. The molecule has 3 aromatic rings. The number of rotatable bonds is 3. The zero-order chi connectivity index (χ0) is 18.1. The van der Waals surface area contributed by atoms with Crippen LogP contribution in [0.3, 0.4) is 0 Å². The summed E-state index contributed by atoms with van der Waals surface area (Å²) >= 11 is 0. The summed E-state index contributed by atoms with van der Waals surface area (Å²) in [6, 6.07) is 7.31. The summed E-state index contributed by atoms with van der Waals surface area (Å²) < 4.78 is 5.50. The smallest absolute Gasteiger partial charge is 0.261 e. The van der Waals surface area contributed by atoms with Crippen molar-refractivity contribution in [3.05, 3.63) is 64.0 Å². The Morgan fingerprint density at radius 2 is 1.88 bits per heavy atom. The van der Waals surface area contributed by atoms with Crippen LogP contribution in [0, 0.1) is 26.2 Å². The normalized spacial score (nSPS) is 10.9. The Balaban J connectivity index is 2.07. The molecular weight excluding hydrogens is 318 g/mol. The molecule has 2 aromatic heterocycles. The standard InChI is InChI=1S/C19H19N3O3/c1-10-4-11(2)6-14(5-10)22-19(24)16-7-15-13(9-23)8-21-12(3)17(15)25-18(16)20/h4-8,20,23H,9H2,1-3H3,(H,22,24). The second-order valence-corrected chi connectivity index (χ2v) is 6.09. The van der Waals surface area contributed by atoms with Crippen molar-refractivity contribution < 1.29 is 14.3 Å². The molecule has 25 heavy (non-hydrogen) atoms. The van der Waals surface area contributed by atoms with E-state index in [1.807, 2.05) is 32.0 Å². The molecule has 0 fully saturated rings. The first-order valence-corrected chi connectivity index (χ1v) is 7.86. The number of nitrogens with one attached hydrogen (secondary N) is 2. The van der Waals surface area contributed by atoms with Gasteiger partial charge in [0.2, 0.25) is 5.55 Å². The Morgan fingerprint density at radius 3 is 2.52 bits per heavy atom. The molecule has 1 aromatic carbocycles. The molecule has 0 aliphatic heterocycles. The fourth-order valence-corrected chi connectivity index (χ4v) is 2.84. The molecule has 2 heterocycles. The molecule has 0 spiro atoms. The van der Waals surface area contributed by atoms with Gasteiger partial charge in [-0.05, 0) is 50.1 Å². The zero-order valence-corrected chi connectivity index (χ0v) is 14.3. The Hall–Kier alpha value is -2.99. The second-order valence-electron chi connectivity index (χ2n) is 6.09. The zero-order valence-electron chi connectivity index (χ0n) is 14.3. The first-order chi connectivity index (χ1) is 11.9. The van der Waals surface area contributed by atoms with Crippen LogP contribution in [0.25, 0.3) is 11.0 Å². The van der Waals surface area contributed by atoms with Gasteiger partial charge in [-0.15, -0.1) is 0 Å². The predicted molar refractivity (Wildman–Crippen MR) is 94.4 cm³/mol. The Bertz CT molecular complexity index is 1020. The number of hydrogen-bond donors (Lipinski definition) is 3. The third kappa shape index (κ3) is 3.29. The summed E-state index contributed by atoms with van der Waals surface area (Å²) in [6.45, 7) is 5.43. The number of aryl methyl sites for hydroxylation is 3. The third-order valence-corrected chi connectivity index (χ3v) is 3.97. The number of fused-ring (bicyclic) bond motifs is 1. The van der Waals surface area contributed by atoms with E-state index in [-0.39, 0.29) is 17.7 Å². The maximum Gasteiger partial charge on any atom is 0.261 e. The van der Waals surface area contributed by atoms with Crippen molar-refractivity contribution in [2.45, 2.75) is 27.4 Å². The molecule has 6 nitrogen and oxygen atoms in total. The molecule has 0 bridgehead atoms. The number of aromatic nitrogens is 1. The SMILES string of the molecule is Cc1cc(C)cc(NC(=O)c2cc3c(CO)cnc(C)c3oc2=N)c1. The number of hydrogen-bond acceptors (Lipinski definition) is 5. The van der Waals surface area contributed by atoms with E-state index >= 15 is 0 Å². The lowest BCUT2D eigenvalue weighted by atomic mass is 10.1. The van der Waals surface area contributed by atoms with Gasteiger partial charge in [-0.25, -0.2) is 0 Å². The molecule has 3 N–H and O–H groups in total. The van der Waals surface area contributed by atoms with Crippen molar-refractivity contribution in [1.29, 1.82) is 5.41 Å². The van der Waals surface area contributed by atoms with Gasteiger partial charge in [-0.1, -0.05) is 6.07 Å². The minimum atomic E-state index is -0.431. The lowest BCUT2D eigenvalue weighted by molar-refractivity contribution is 0.102. The average molecular weight is 337 g/mol. The predicted octanol–water partition coefficient (Wildman–Crippen LogP) is 2.98. The summed E-state index contributed by atoms with van der Waals surface area (Å²) in [6.07, 6.45) is 1.54. The first kappa shape index (κ1) is 16.9. The highest BCUT2D eigenvalue weighted by Gasteiger charge is 2.15. The van der Waals surface area contributed by atoms with E-state index in [2.05, 4.69) is 10.3 Å². The topological polar surface area (TPSA) is 99.2 Å². The summed E-state index contributed by atoms with van der Waals surface area (Å²) in [5, 5.41) is 20.9. The first-order valence-electron chi connectivity index (χ1n) is 7.86. The van der Waals surface area contributed by atoms with Gasteiger partial charge >= 0.3 is 0 Å². The number of anilines is 1. The highest BCUT2D eigenvalue weighted by Crippen LogP contribution is 2.21. The van der Waals surface area contributed by atoms with E-state index in [0.29, 0.717) is 27.9 Å². The fraction of sp³-hybridized carbons (Fsp3) is 0.211. The number of benzene rings is 1. The highest BCUT2D eigenvalue weighted by molar-refractivity contribution is 6.05. The van der Waals surface area contributed by atoms with E-state index in [9.17, 15) is 9.90 Å². The van der Waals surface area contributed by atoms with Crippen LogP contribution in [0.5, 0.6) is 0 Å². The number of carbonyl (C=O) groups is 1. The van der Waals surface area contributed by atoms with Gasteiger partial charge in [0, 0.05) is 22.8 Å². The van der Waals surface area contributed by atoms with Gasteiger partial charge in [0.05, 0.1) is 12.3 Å². The van der Waals surface area contributed by atoms with E-state index in [4.69, 9.17) is 9.83 Å². The lowest BCUT2D eigenvalue weighted by Crippen LogP contribution is -2.21. The van der Waals surface area contributed by atoms with Gasteiger partial charge in [-0.3, -0.25) is 15.2 Å². The van der Waals surface area contributed by atoms with Crippen LogP contribution in [0.1, 0.15) is 32.7 Å². The molecule has 0 aliphatic carbocycles. The summed E-state index contributed by atoms with van der Waals surface area (Å²) in [5.74, 6) is -0.431. The maximum absolute atomic E-state index is 12.6. The van der Waals surface area contributed by atoms with E-state index < -0.39 is 5.91 Å². The molecule has 0 aliphatic rings. The Morgan fingerprint density at radius 1 is 1.20 bits per heavy atom. The number of amides is 1.